The van der Waals surface area contributed by atoms with Gasteiger partial charge in [-0.15, -0.1) is 0 Å². The van der Waals surface area contributed by atoms with Gasteiger partial charge in [-0.25, -0.2) is 14.6 Å². The van der Waals surface area contributed by atoms with Crippen molar-refractivity contribution in [1.82, 2.24) is 14.5 Å². The van der Waals surface area contributed by atoms with E-state index in [1.165, 1.54) is 6.92 Å². The Bertz CT molecular complexity index is 851. The Morgan fingerprint density at radius 3 is 2.52 bits per heavy atom. The highest BCUT2D eigenvalue weighted by molar-refractivity contribution is 5.95. The number of carboxylic acid groups (broad SMARTS) is 1. The van der Waals surface area contributed by atoms with Gasteiger partial charge in [0.2, 0.25) is 0 Å². The predicted molar refractivity (Wildman–Crippen MR) is 64.3 cm³/mol. The molecule has 112 valence electrons. The highest BCUT2D eigenvalue weighted by atomic mass is 19.4. The predicted octanol–water partition coefficient (Wildman–Crippen LogP) is 0.822. The fourth-order valence-corrected chi connectivity index (χ4v) is 1.99. The summed E-state index contributed by atoms with van der Waals surface area (Å²) >= 11 is 0. The average molecular weight is 303 g/mol. The largest absolute Gasteiger partial charge is 0.478 e. The van der Waals surface area contributed by atoms with Gasteiger partial charge in [-0.1, -0.05) is 0 Å². The number of pyridine rings is 1. The maximum absolute atomic E-state index is 13.1. The first-order chi connectivity index (χ1) is 9.68. The van der Waals surface area contributed by atoms with Gasteiger partial charge >= 0.3 is 17.8 Å². The molecule has 2 N–H and O–H groups in total. The molecular formula is C11H8F3N3O4. The number of carboxylic acids is 1. The summed E-state index contributed by atoms with van der Waals surface area (Å²) < 4.78 is 40.2. The van der Waals surface area contributed by atoms with Crippen LogP contribution in [0.5, 0.6) is 0 Å². The zero-order valence-corrected chi connectivity index (χ0v) is 10.5. The van der Waals surface area contributed by atoms with E-state index in [4.69, 9.17) is 5.11 Å². The van der Waals surface area contributed by atoms with Gasteiger partial charge in [0.15, 0.2) is 0 Å². The minimum Gasteiger partial charge on any atom is -0.478 e. The number of H-pyrrole nitrogens is 1. The standard InChI is InChI=1S/C11H8F3N3O4/c1-2-17-7-5(8(18)16-10(17)21)6(11(12,13)14)4(3-15-7)9(19)20/h3H,2H2,1H3,(H,19,20)(H,16,18,21). The number of aromatic amines is 1. The number of nitrogens with one attached hydrogen (secondary N) is 1. The molecule has 0 unspecified atom stereocenters. The molecule has 0 aliphatic heterocycles. The fraction of sp³-hybridized carbons (Fsp3) is 0.273. The molecule has 0 aromatic carbocycles. The number of rotatable bonds is 2. The summed E-state index contributed by atoms with van der Waals surface area (Å²) in [5, 5.41) is 7.87. The Kier molecular flexibility index (Phi) is 3.32. The third-order valence-corrected chi connectivity index (χ3v) is 2.84. The number of aryl methyl sites for hydroxylation is 1. The lowest BCUT2D eigenvalue weighted by Crippen LogP contribution is -2.32. The van der Waals surface area contributed by atoms with E-state index in [2.05, 4.69) is 4.98 Å². The van der Waals surface area contributed by atoms with Crippen molar-refractivity contribution in [3.05, 3.63) is 38.2 Å². The van der Waals surface area contributed by atoms with Crippen molar-refractivity contribution in [2.45, 2.75) is 19.6 Å². The van der Waals surface area contributed by atoms with Crippen molar-refractivity contribution >= 4 is 17.0 Å². The normalized spacial score (nSPS) is 11.8. The van der Waals surface area contributed by atoms with Crippen molar-refractivity contribution in [1.29, 1.82) is 0 Å². The van der Waals surface area contributed by atoms with E-state index in [1.54, 1.807) is 4.98 Å². The minimum absolute atomic E-state index is 0.0389. The van der Waals surface area contributed by atoms with Crippen LogP contribution in [0.15, 0.2) is 15.8 Å². The van der Waals surface area contributed by atoms with Crippen molar-refractivity contribution in [3.8, 4) is 0 Å². The zero-order valence-electron chi connectivity index (χ0n) is 10.5. The Morgan fingerprint density at radius 2 is 2.05 bits per heavy atom. The van der Waals surface area contributed by atoms with Crippen LogP contribution in [-0.4, -0.2) is 25.6 Å². The van der Waals surface area contributed by atoms with E-state index < -0.39 is 45.6 Å². The molecule has 2 rings (SSSR count). The summed E-state index contributed by atoms with van der Waals surface area (Å²) in [6.07, 6.45) is -4.60. The Morgan fingerprint density at radius 1 is 1.43 bits per heavy atom. The van der Waals surface area contributed by atoms with Gasteiger partial charge in [0.05, 0.1) is 16.5 Å². The summed E-state index contributed by atoms with van der Waals surface area (Å²) in [5.41, 5.74) is -5.53. The number of aromatic nitrogens is 3. The van der Waals surface area contributed by atoms with Gasteiger partial charge in [-0.3, -0.25) is 14.3 Å². The van der Waals surface area contributed by atoms with E-state index >= 15 is 0 Å². The SMILES string of the molecule is CCn1c(=O)[nH]c(=O)c2c(C(F)(F)F)c(C(=O)O)cnc21. The lowest BCUT2D eigenvalue weighted by molar-refractivity contribution is -0.136. The number of nitrogens with zero attached hydrogens (tertiary/aromatic N) is 2. The van der Waals surface area contributed by atoms with Crippen LogP contribution >= 0.6 is 0 Å². The summed E-state index contributed by atoms with van der Waals surface area (Å²) in [6, 6.07) is 0. The van der Waals surface area contributed by atoms with Crippen LogP contribution in [0.1, 0.15) is 22.8 Å². The molecule has 0 bridgehead atoms. The van der Waals surface area contributed by atoms with E-state index in [0.717, 1.165) is 4.57 Å². The quantitative estimate of drug-likeness (QED) is 0.854. The minimum atomic E-state index is -5.09. The monoisotopic (exact) mass is 303 g/mol. The molecule has 0 saturated heterocycles. The van der Waals surface area contributed by atoms with Gasteiger partial charge in [0, 0.05) is 12.7 Å². The number of fused-ring (bicyclic) bond motifs is 1. The molecule has 21 heavy (non-hydrogen) atoms. The van der Waals surface area contributed by atoms with Crippen LogP contribution < -0.4 is 11.2 Å². The van der Waals surface area contributed by atoms with Gasteiger partial charge in [0.1, 0.15) is 5.65 Å². The lowest BCUT2D eigenvalue weighted by Gasteiger charge is -2.14. The number of alkyl halides is 3. The molecule has 0 aliphatic carbocycles. The average Bonchev–Trinajstić information content (AvgIpc) is 2.36. The molecule has 10 heteroatoms. The van der Waals surface area contributed by atoms with Crippen LogP contribution in [0, 0.1) is 0 Å². The third kappa shape index (κ3) is 2.28. The summed E-state index contributed by atoms with van der Waals surface area (Å²) in [5.74, 6) is -1.87. The maximum atomic E-state index is 13.1. The summed E-state index contributed by atoms with van der Waals surface area (Å²) in [4.78, 5) is 39.4. The molecule has 2 aromatic heterocycles. The van der Waals surface area contributed by atoms with E-state index in [-0.39, 0.29) is 6.54 Å². The first kappa shape index (κ1) is 14.8. The van der Waals surface area contributed by atoms with Crippen molar-refractivity contribution in [2.75, 3.05) is 0 Å². The van der Waals surface area contributed by atoms with Crippen molar-refractivity contribution < 1.29 is 23.1 Å². The third-order valence-electron chi connectivity index (χ3n) is 2.84. The first-order valence-electron chi connectivity index (χ1n) is 5.64. The molecule has 0 amide bonds. The van der Waals surface area contributed by atoms with Crippen LogP contribution in [0.4, 0.5) is 13.2 Å². The second-order valence-electron chi connectivity index (χ2n) is 4.05. The second kappa shape index (κ2) is 4.72. The summed E-state index contributed by atoms with van der Waals surface area (Å²) in [7, 11) is 0. The molecule has 0 aliphatic rings. The molecule has 2 aromatic rings. The highest BCUT2D eigenvalue weighted by Crippen LogP contribution is 2.35. The Labute approximate surface area is 113 Å². The molecule has 2 heterocycles. The van der Waals surface area contributed by atoms with Gasteiger partial charge in [-0.05, 0) is 6.92 Å². The zero-order chi connectivity index (χ0) is 15.9. The molecule has 0 radical (unpaired) electrons. The Hall–Kier alpha value is -2.65. The van der Waals surface area contributed by atoms with Crippen molar-refractivity contribution in [2.24, 2.45) is 0 Å². The van der Waals surface area contributed by atoms with Gasteiger partial charge < -0.3 is 5.11 Å². The first-order valence-corrected chi connectivity index (χ1v) is 5.64. The fourth-order valence-electron chi connectivity index (χ4n) is 1.99. The maximum Gasteiger partial charge on any atom is 0.418 e. The number of aromatic carboxylic acids is 1. The molecule has 0 fully saturated rings. The topological polar surface area (TPSA) is 105 Å². The van der Waals surface area contributed by atoms with Gasteiger partial charge in [-0.2, -0.15) is 13.2 Å². The second-order valence-corrected chi connectivity index (χ2v) is 4.05. The molecule has 0 spiro atoms. The molecule has 0 atom stereocenters. The molecular weight excluding hydrogens is 295 g/mol. The lowest BCUT2D eigenvalue weighted by atomic mass is 10.1. The van der Waals surface area contributed by atoms with E-state index in [0.29, 0.717) is 6.20 Å². The highest BCUT2D eigenvalue weighted by Gasteiger charge is 2.39. The van der Waals surface area contributed by atoms with E-state index in [9.17, 15) is 27.6 Å². The van der Waals surface area contributed by atoms with Crippen LogP contribution in [0.2, 0.25) is 0 Å². The number of hydrogen-bond acceptors (Lipinski definition) is 4. The van der Waals surface area contributed by atoms with E-state index in [1.807, 2.05) is 0 Å². The van der Waals surface area contributed by atoms with Crippen molar-refractivity contribution in [3.63, 3.8) is 0 Å². The summed E-state index contributed by atoms with van der Waals surface area (Å²) in [6.45, 7) is 1.43. The Balaban J connectivity index is 3.15. The van der Waals surface area contributed by atoms with Crippen LogP contribution in [-0.2, 0) is 12.7 Å². The number of halogens is 3. The molecule has 0 saturated carbocycles. The molecule has 7 nitrogen and oxygen atoms in total. The van der Waals surface area contributed by atoms with Crippen LogP contribution in [0.25, 0.3) is 11.0 Å². The van der Waals surface area contributed by atoms with Gasteiger partial charge in [0.25, 0.3) is 5.56 Å². The smallest absolute Gasteiger partial charge is 0.418 e. The number of carbonyl (C=O) groups is 1. The number of hydrogen-bond donors (Lipinski definition) is 2. The van der Waals surface area contributed by atoms with Crippen LogP contribution in [0.3, 0.4) is 0 Å².